The van der Waals surface area contributed by atoms with Crippen LogP contribution in [0.25, 0.3) is 0 Å². The van der Waals surface area contributed by atoms with Gasteiger partial charge in [-0.3, -0.25) is 9.52 Å². The van der Waals surface area contributed by atoms with Crippen molar-refractivity contribution in [2.45, 2.75) is 63.3 Å². The van der Waals surface area contributed by atoms with E-state index in [9.17, 15) is 13.2 Å². The smallest absolute Gasteiger partial charge is 0.265 e. The summed E-state index contributed by atoms with van der Waals surface area (Å²) >= 11 is 0. The van der Waals surface area contributed by atoms with Crippen LogP contribution >= 0.6 is 0 Å². The number of benzene rings is 2. The van der Waals surface area contributed by atoms with Crippen LogP contribution in [0.15, 0.2) is 47.4 Å². The number of carbonyl (C=O) groups is 1. The Morgan fingerprint density at radius 2 is 1.74 bits per heavy atom. The lowest BCUT2D eigenvalue weighted by atomic mass is 9.93. The largest absolute Gasteiger partial charge is 0.495 e. The van der Waals surface area contributed by atoms with Gasteiger partial charge in [-0.05, 0) is 62.1 Å². The van der Waals surface area contributed by atoms with Crippen molar-refractivity contribution in [2.24, 2.45) is 0 Å². The molecule has 0 bridgehead atoms. The highest BCUT2D eigenvalue weighted by molar-refractivity contribution is 7.92. The van der Waals surface area contributed by atoms with Gasteiger partial charge in [0.05, 0.1) is 7.11 Å². The number of hydrogen-bond donors (Lipinski definition) is 1. The van der Waals surface area contributed by atoms with Gasteiger partial charge in [0.25, 0.3) is 15.9 Å². The predicted molar refractivity (Wildman–Crippen MR) is 123 cm³/mol. The van der Waals surface area contributed by atoms with Crippen LogP contribution in [-0.4, -0.2) is 38.9 Å². The summed E-state index contributed by atoms with van der Waals surface area (Å²) in [6.45, 7) is 4.61. The van der Waals surface area contributed by atoms with Crippen molar-refractivity contribution in [2.75, 3.05) is 18.4 Å². The first kappa shape index (κ1) is 23.1. The average Bonchev–Trinajstić information content (AvgIpc) is 2.80. The quantitative estimate of drug-likeness (QED) is 0.631. The Labute approximate surface area is 185 Å². The molecule has 2 aromatic rings. The van der Waals surface area contributed by atoms with Crippen LogP contribution < -0.4 is 9.46 Å². The van der Waals surface area contributed by atoms with E-state index in [0.717, 1.165) is 37.7 Å². The second kappa shape index (κ2) is 10.2. The normalized spacial score (nSPS) is 14.8. The summed E-state index contributed by atoms with van der Waals surface area (Å²) in [6.07, 6.45) is 6.32. The molecule has 1 amide bonds. The van der Waals surface area contributed by atoms with Gasteiger partial charge in [0.15, 0.2) is 0 Å². The van der Waals surface area contributed by atoms with E-state index in [4.69, 9.17) is 4.74 Å². The monoisotopic (exact) mass is 444 g/mol. The molecule has 0 aromatic heterocycles. The molecule has 0 unspecified atom stereocenters. The predicted octanol–water partition coefficient (Wildman–Crippen LogP) is 4.85. The number of amides is 1. The number of sulfonamides is 1. The minimum atomic E-state index is -3.93. The molecule has 3 rings (SSSR count). The van der Waals surface area contributed by atoms with E-state index < -0.39 is 10.0 Å². The number of rotatable bonds is 8. The lowest BCUT2D eigenvalue weighted by Crippen LogP contribution is -2.41. The van der Waals surface area contributed by atoms with Crippen molar-refractivity contribution in [1.29, 1.82) is 0 Å². The molecule has 0 saturated heterocycles. The number of nitrogens with zero attached hydrogens (tertiary/aromatic N) is 1. The van der Waals surface area contributed by atoms with Crippen LogP contribution in [-0.2, 0) is 16.4 Å². The first-order valence-electron chi connectivity index (χ1n) is 11.0. The van der Waals surface area contributed by atoms with Crippen molar-refractivity contribution < 1.29 is 17.9 Å². The molecular formula is C24H32N2O4S. The second-order valence-corrected chi connectivity index (χ2v) is 9.56. The van der Waals surface area contributed by atoms with Crippen LogP contribution in [0.1, 0.15) is 61.9 Å². The highest BCUT2D eigenvalue weighted by atomic mass is 32.2. The van der Waals surface area contributed by atoms with Gasteiger partial charge in [0, 0.05) is 23.8 Å². The standard InChI is InChI=1S/C24H32N2O4S/c1-4-18-11-14-20(15-12-18)25-31(28,29)23-17-19(13-16-22(23)30-3)24(27)26(5-2)21-9-7-6-8-10-21/h11-17,21,25H,4-10H2,1-3H3. The van der Waals surface area contributed by atoms with Gasteiger partial charge in [0.2, 0.25) is 0 Å². The molecule has 168 valence electrons. The van der Waals surface area contributed by atoms with Crippen LogP contribution in [0.4, 0.5) is 5.69 Å². The lowest BCUT2D eigenvalue weighted by Gasteiger charge is -2.33. The van der Waals surface area contributed by atoms with E-state index in [2.05, 4.69) is 4.72 Å². The molecule has 0 spiro atoms. The van der Waals surface area contributed by atoms with Crippen molar-refractivity contribution in [1.82, 2.24) is 4.90 Å². The van der Waals surface area contributed by atoms with E-state index in [1.165, 1.54) is 19.6 Å². The number of anilines is 1. The molecule has 0 aliphatic heterocycles. The molecule has 6 nitrogen and oxygen atoms in total. The summed E-state index contributed by atoms with van der Waals surface area (Å²) in [6, 6.07) is 12.1. The molecule has 1 aliphatic rings. The number of carbonyl (C=O) groups excluding carboxylic acids is 1. The zero-order valence-corrected chi connectivity index (χ0v) is 19.4. The lowest BCUT2D eigenvalue weighted by molar-refractivity contribution is 0.0647. The minimum Gasteiger partial charge on any atom is -0.495 e. The summed E-state index contributed by atoms with van der Waals surface area (Å²) in [5.74, 6) is 0.0655. The molecule has 1 saturated carbocycles. The maximum atomic E-state index is 13.3. The molecule has 2 aromatic carbocycles. The van der Waals surface area contributed by atoms with Crippen molar-refractivity contribution in [3.63, 3.8) is 0 Å². The Bertz CT molecular complexity index is 997. The Morgan fingerprint density at radius 3 is 2.32 bits per heavy atom. The number of methoxy groups -OCH3 is 1. The van der Waals surface area contributed by atoms with E-state index in [0.29, 0.717) is 17.8 Å². The SMILES string of the molecule is CCc1ccc(NS(=O)(=O)c2cc(C(=O)N(CC)C3CCCCC3)ccc2OC)cc1. The van der Waals surface area contributed by atoms with E-state index in [-0.39, 0.29) is 22.6 Å². The van der Waals surface area contributed by atoms with Gasteiger partial charge in [-0.25, -0.2) is 8.42 Å². The number of nitrogens with one attached hydrogen (secondary N) is 1. The molecule has 7 heteroatoms. The van der Waals surface area contributed by atoms with Gasteiger partial charge in [0.1, 0.15) is 10.6 Å². The molecule has 1 fully saturated rings. The third-order valence-electron chi connectivity index (χ3n) is 5.93. The van der Waals surface area contributed by atoms with Gasteiger partial charge in [-0.15, -0.1) is 0 Å². The Balaban J connectivity index is 1.90. The van der Waals surface area contributed by atoms with Gasteiger partial charge in [-0.2, -0.15) is 0 Å². The molecule has 0 heterocycles. The Morgan fingerprint density at radius 1 is 1.06 bits per heavy atom. The highest BCUT2D eigenvalue weighted by Gasteiger charge is 2.27. The van der Waals surface area contributed by atoms with E-state index in [1.54, 1.807) is 24.3 Å². The van der Waals surface area contributed by atoms with Crippen molar-refractivity contribution >= 4 is 21.6 Å². The number of hydrogen-bond acceptors (Lipinski definition) is 4. The van der Waals surface area contributed by atoms with Crippen LogP contribution in [0.5, 0.6) is 5.75 Å². The molecule has 31 heavy (non-hydrogen) atoms. The summed E-state index contributed by atoms with van der Waals surface area (Å²) in [5.41, 5.74) is 1.94. The van der Waals surface area contributed by atoms with Gasteiger partial charge in [-0.1, -0.05) is 38.3 Å². The van der Waals surface area contributed by atoms with Crippen LogP contribution in [0.3, 0.4) is 0 Å². The summed E-state index contributed by atoms with van der Waals surface area (Å²) < 4.78 is 34.2. The Hall–Kier alpha value is -2.54. The van der Waals surface area contributed by atoms with E-state index >= 15 is 0 Å². The molecule has 0 atom stereocenters. The zero-order chi connectivity index (χ0) is 22.4. The maximum Gasteiger partial charge on any atom is 0.265 e. The van der Waals surface area contributed by atoms with Crippen molar-refractivity contribution in [3.8, 4) is 5.75 Å². The topological polar surface area (TPSA) is 75.7 Å². The number of aryl methyl sites for hydroxylation is 1. The Kier molecular flexibility index (Phi) is 7.59. The molecule has 1 N–H and O–H groups in total. The fourth-order valence-electron chi connectivity index (χ4n) is 4.16. The third-order valence-corrected chi connectivity index (χ3v) is 7.33. The summed E-state index contributed by atoms with van der Waals surface area (Å²) in [5, 5.41) is 0. The number of ether oxygens (including phenoxy) is 1. The zero-order valence-electron chi connectivity index (χ0n) is 18.6. The summed E-state index contributed by atoms with van der Waals surface area (Å²) in [4.78, 5) is 15.1. The van der Waals surface area contributed by atoms with Gasteiger partial charge >= 0.3 is 0 Å². The molecular weight excluding hydrogens is 412 g/mol. The van der Waals surface area contributed by atoms with Crippen molar-refractivity contribution in [3.05, 3.63) is 53.6 Å². The first-order valence-corrected chi connectivity index (χ1v) is 12.5. The van der Waals surface area contributed by atoms with Crippen LogP contribution in [0, 0.1) is 0 Å². The third kappa shape index (κ3) is 5.39. The average molecular weight is 445 g/mol. The first-order chi connectivity index (χ1) is 14.9. The second-order valence-electron chi connectivity index (χ2n) is 7.90. The fraction of sp³-hybridized carbons (Fsp3) is 0.458. The fourth-order valence-corrected chi connectivity index (χ4v) is 5.42. The van der Waals surface area contributed by atoms with E-state index in [1.807, 2.05) is 30.9 Å². The minimum absolute atomic E-state index is 0.0416. The summed E-state index contributed by atoms with van der Waals surface area (Å²) in [7, 11) is -2.51. The van der Waals surface area contributed by atoms with Crippen LogP contribution in [0.2, 0.25) is 0 Å². The maximum absolute atomic E-state index is 13.3. The van der Waals surface area contributed by atoms with Gasteiger partial charge < -0.3 is 9.64 Å². The molecule has 0 radical (unpaired) electrons. The molecule has 1 aliphatic carbocycles. The highest BCUT2D eigenvalue weighted by Crippen LogP contribution is 2.29.